The van der Waals surface area contributed by atoms with Gasteiger partial charge in [-0.05, 0) is 41.3 Å². The summed E-state index contributed by atoms with van der Waals surface area (Å²) in [6.07, 6.45) is 0. The van der Waals surface area contributed by atoms with Crippen molar-refractivity contribution in [3.63, 3.8) is 0 Å². The van der Waals surface area contributed by atoms with Gasteiger partial charge in [0.2, 0.25) is 0 Å². The lowest BCUT2D eigenvalue weighted by Gasteiger charge is -2.18. The number of anilines is 1. The first kappa shape index (κ1) is 14.3. The quantitative estimate of drug-likeness (QED) is 0.667. The fourth-order valence-corrected chi connectivity index (χ4v) is 3.54. The fraction of sp³-hybridized carbons (Fsp3) is 0.105. The first-order valence-electron chi connectivity index (χ1n) is 7.35. The molecule has 0 atom stereocenters. The predicted molar refractivity (Wildman–Crippen MR) is 95.2 cm³/mol. The minimum absolute atomic E-state index is 0.0551. The Labute approximate surface area is 142 Å². The van der Waals surface area contributed by atoms with Crippen LogP contribution in [0.3, 0.4) is 0 Å². The normalized spacial score (nSPS) is 13.0. The van der Waals surface area contributed by atoms with E-state index in [2.05, 4.69) is 15.9 Å². The molecule has 0 spiro atoms. The topological polar surface area (TPSA) is 29.5 Å². The maximum atomic E-state index is 12.8. The largest absolute Gasteiger partial charge is 0.497 e. The average Bonchev–Trinajstić information content (AvgIpc) is 2.85. The Kier molecular flexibility index (Phi) is 3.34. The molecule has 0 unspecified atom stereocenters. The number of hydrogen-bond acceptors (Lipinski definition) is 2. The van der Waals surface area contributed by atoms with Gasteiger partial charge in [0.15, 0.2) is 0 Å². The van der Waals surface area contributed by atoms with Gasteiger partial charge < -0.3 is 9.64 Å². The van der Waals surface area contributed by atoms with Gasteiger partial charge in [0.1, 0.15) is 5.75 Å². The van der Waals surface area contributed by atoms with E-state index in [9.17, 15) is 4.79 Å². The van der Waals surface area contributed by atoms with Crippen molar-refractivity contribution in [3.8, 4) is 5.75 Å². The van der Waals surface area contributed by atoms with Gasteiger partial charge in [-0.15, -0.1) is 0 Å². The van der Waals surface area contributed by atoms with Crippen LogP contribution >= 0.6 is 15.9 Å². The van der Waals surface area contributed by atoms with Crippen LogP contribution in [0.2, 0.25) is 0 Å². The SMILES string of the molecule is COc1ccc(CN2C(=O)c3ccc(Br)c4cccc2c34)cc1. The molecule has 114 valence electrons. The van der Waals surface area contributed by atoms with Crippen molar-refractivity contribution in [2.45, 2.75) is 6.54 Å². The van der Waals surface area contributed by atoms with E-state index in [-0.39, 0.29) is 5.91 Å². The highest BCUT2D eigenvalue weighted by Crippen LogP contribution is 2.40. The lowest BCUT2D eigenvalue weighted by atomic mass is 10.1. The zero-order valence-corrected chi connectivity index (χ0v) is 14.1. The summed E-state index contributed by atoms with van der Waals surface area (Å²) in [6, 6.07) is 17.7. The summed E-state index contributed by atoms with van der Waals surface area (Å²) in [5.74, 6) is 0.871. The van der Waals surface area contributed by atoms with Gasteiger partial charge in [-0.1, -0.05) is 40.2 Å². The van der Waals surface area contributed by atoms with Crippen LogP contribution in [0.15, 0.2) is 59.1 Å². The van der Waals surface area contributed by atoms with Crippen LogP contribution in [0.1, 0.15) is 15.9 Å². The summed E-state index contributed by atoms with van der Waals surface area (Å²) in [5.41, 5.74) is 2.81. The molecular weight excluding hydrogens is 354 g/mol. The Bertz CT molecular complexity index is 919. The van der Waals surface area contributed by atoms with Gasteiger partial charge in [0, 0.05) is 15.4 Å². The summed E-state index contributed by atoms with van der Waals surface area (Å²) in [5, 5.41) is 2.10. The predicted octanol–water partition coefficient (Wildman–Crippen LogP) is 4.77. The molecule has 0 bridgehead atoms. The van der Waals surface area contributed by atoms with Crippen molar-refractivity contribution < 1.29 is 9.53 Å². The van der Waals surface area contributed by atoms with Crippen molar-refractivity contribution in [1.82, 2.24) is 0 Å². The van der Waals surface area contributed by atoms with Crippen molar-refractivity contribution in [2.75, 3.05) is 12.0 Å². The lowest BCUT2D eigenvalue weighted by Crippen LogP contribution is -2.25. The van der Waals surface area contributed by atoms with Crippen LogP contribution in [0.5, 0.6) is 5.75 Å². The molecule has 0 saturated carbocycles. The Balaban J connectivity index is 1.77. The molecule has 3 aromatic rings. The molecule has 0 aliphatic carbocycles. The van der Waals surface area contributed by atoms with E-state index < -0.39 is 0 Å². The van der Waals surface area contributed by atoms with Gasteiger partial charge in [-0.3, -0.25) is 4.79 Å². The Morgan fingerprint density at radius 3 is 2.57 bits per heavy atom. The minimum atomic E-state index is 0.0551. The zero-order valence-electron chi connectivity index (χ0n) is 12.5. The van der Waals surface area contributed by atoms with Crippen LogP contribution in [-0.2, 0) is 6.54 Å². The number of methoxy groups -OCH3 is 1. The van der Waals surface area contributed by atoms with Crippen molar-refractivity contribution in [3.05, 3.63) is 70.2 Å². The maximum absolute atomic E-state index is 12.8. The third kappa shape index (κ3) is 2.21. The Morgan fingerprint density at radius 2 is 1.83 bits per heavy atom. The summed E-state index contributed by atoms with van der Waals surface area (Å²) >= 11 is 3.57. The number of ether oxygens (including phenoxy) is 1. The van der Waals surface area contributed by atoms with Crippen molar-refractivity contribution in [1.29, 1.82) is 0 Å². The molecular formula is C19H14BrNO2. The van der Waals surface area contributed by atoms with Crippen molar-refractivity contribution >= 4 is 38.3 Å². The second-order valence-corrected chi connectivity index (χ2v) is 6.39. The zero-order chi connectivity index (χ0) is 16.0. The van der Waals surface area contributed by atoms with E-state index in [1.54, 1.807) is 7.11 Å². The number of benzene rings is 3. The smallest absolute Gasteiger partial charge is 0.259 e. The molecule has 0 radical (unpaired) electrons. The van der Waals surface area contributed by atoms with E-state index in [1.807, 2.05) is 59.5 Å². The molecule has 1 amide bonds. The van der Waals surface area contributed by atoms with E-state index in [0.717, 1.165) is 37.8 Å². The van der Waals surface area contributed by atoms with E-state index in [4.69, 9.17) is 4.74 Å². The molecule has 0 aromatic heterocycles. The second-order valence-electron chi connectivity index (χ2n) is 5.53. The van der Waals surface area contributed by atoms with Crippen LogP contribution in [0.25, 0.3) is 10.8 Å². The van der Waals surface area contributed by atoms with Crippen LogP contribution < -0.4 is 9.64 Å². The molecule has 3 aromatic carbocycles. The number of nitrogens with zero attached hydrogens (tertiary/aromatic N) is 1. The molecule has 0 N–H and O–H groups in total. The highest BCUT2D eigenvalue weighted by Gasteiger charge is 2.30. The summed E-state index contributed by atoms with van der Waals surface area (Å²) in [6.45, 7) is 0.550. The molecule has 0 fully saturated rings. The molecule has 1 heterocycles. The van der Waals surface area contributed by atoms with Crippen LogP contribution in [0, 0.1) is 0 Å². The number of rotatable bonds is 3. The standard InChI is InChI=1S/C19H14BrNO2/c1-23-13-7-5-12(6-8-13)11-21-17-4-2-3-14-16(20)10-9-15(18(14)17)19(21)22/h2-10H,11H2,1H3. The van der Waals surface area contributed by atoms with Gasteiger partial charge in [0.25, 0.3) is 5.91 Å². The molecule has 23 heavy (non-hydrogen) atoms. The molecule has 3 nitrogen and oxygen atoms in total. The molecule has 4 heteroatoms. The third-order valence-corrected chi connectivity index (χ3v) is 4.92. The highest BCUT2D eigenvalue weighted by molar-refractivity contribution is 9.10. The third-order valence-electron chi connectivity index (χ3n) is 4.23. The minimum Gasteiger partial charge on any atom is -0.497 e. The maximum Gasteiger partial charge on any atom is 0.259 e. The van der Waals surface area contributed by atoms with E-state index in [1.165, 1.54) is 0 Å². The fourth-order valence-electron chi connectivity index (χ4n) is 3.08. The summed E-state index contributed by atoms with van der Waals surface area (Å²) in [7, 11) is 1.65. The van der Waals surface area contributed by atoms with Crippen LogP contribution in [-0.4, -0.2) is 13.0 Å². The Hall–Kier alpha value is -2.33. The first-order valence-corrected chi connectivity index (χ1v) is 8.14. The number of amides is 1. The summed E-state index contributed by atoms with van der Waals surface area (Å²) in [4.78, 5) is 14.6. The van der Waals surface area contributed by atoms with Crippen LogP contribution in [0.4, 0.5) is 5.69 Å². The van der Waals surface area contributed by atoms with E-state index in [0.29, 0.717) is 6.54 Å². The molecule has 4 rings (SSSR count). The number of hydrogen-bond donors (Lipinski definition) is 0. The monoisotopic (exact) mass is 367 g/mol. The lowest BCUT2D eigenvalue weighted by molar-refractivity contribution is 0.0991. The molecule has 0 saturated heterocycles. The highest BCUT2D eigenvalue weighted by atomic mass is 79.9. The number of halogens is 1. The van der Waals surface area contributed by atoms with Crippen molar-refractivity contribution in [2.24, 2.45) is 0 Å². The first-order chi connectivity index (χ1) is 11.2. The number of carbonyl (C=O) groups is 1. The number of carbonyl (C=O) groups excluding carboxylic acids is 1. The van der Waals surface area contributed by atoms with Gasteiger partial charge >= 0.3 is 0 Å². The second kappa shape index (κ2) is 5.39. The summed E-state index contributed by atoms with van der Waals surface area (Å²) < 4.78 is 6.20. The van der Waals surface area contributed by atoms with Gasteiger partial charge in [0.05, 0.1) is 19.3 Å². The van der Waals surface area contributed by atoms with E-state index >= 15 is 0 Å². The molecule has 1 aliphatic heterocycles. The van der Waals surface area contributed by atoms with Gasteiger partial charge in [-0.25, -0.2) is 0 Å². The molecule has 1 aliphatic rings. The Morgan fingerprint density at radius 1 is 1.04 bits per heavy atom. The van der Waals surface area contributed by atoms with Gasteiger partial charge in [-0.2, -0.15) is 0 Å². The average molecular weight is 368 g/mol.